The number of allylic oxidation sites excluding steroid dienone is 3. The summed E-state index contributed by atoms with van der Waals surface area (Å²) >= 11 is 0. The van der Waals surface area contributed by atoms with Crippen LogP contribution in [-0.4, -0.2) is 0 Å². The zero-order valence-corrected chi connectivity index (χ0v) is 19.7. The number of hydrogen-bond donors (Lipinski definition) is 0. The Balaban J connectivity index is 1.78. The third-order valence-corrected chi connectivity index (χ3v) is 6.94. The molecule has 0 saturated heterocycles. The zero-order chi connectivity index (χ0) is 20.3. The first-order valence-corrected chi connectivity index (χ1v) is 13.1. The fourth-order valence-electron chi connectivity index (χ4n) is 4.84. The van der Waals surface area contributed by atoms with E-state index in [1.54, 1.807) is 0 Å². The van der Waals surface area contributed by atoms with E-state index >= 15 is 0 Å². The monoisotopic (exact) mass is 388 g/mol. The van der Waals surface area contributed by atoms with Crippen molar-refractivity contribution in [2.45, 2.75) is 142 Å². The minimum absolute atomic E-state index is 0.985. The van der Waals surface area contributed by atoms with Gasteiger partial charge in [0.15, 0.2) is 0 Å². The Bertz CT molecular complexity index is 377. The Morgan fingerprint density at radius 3 is 1.93 bits per heavy atom. The molecule has 0 N–H and O–H groups in total. The van der Waals surface area contributed by atoms with Gasteiger partial charge in [0.2, 0.25) is 0 Å². The lowest BCUT2D eigenvalue weighted by atomic mass is 9.91. The molecule has 0 nitrogen and oxygen atoms in total. The first-order valence-electron chi connectivity index (χ1n) is 13.1. The standard InChI is InChI=1S/C28H52/c1-4-5-6-7-8-9-10-11-12-13-14-15-16-17-18-21-26(2)22-19-24-28-25-20-23-27(28)3/h11-12,27-28H,2,4-10,13-25H2,1,3H3/b12-11-. The molecule has 2 unspecified atom stereocenters. The average molecular weight is 389 g/mol. The maximum atomic E-state index is 4.33. The van der Waals surface area contributed by atoms with E-state index in [9.17, 15) is 0 Å². The van der Waals surface area contributed by atoms with E-state index in [1.807, 2.05) is 0 Å². The molecule has 2 atom stereocenters. The van der Waals surface area contributed by atoms with Crippen LogP contribution in [0.4, 0.5) is 0 Å². The molecule has 1 rings (SSSR count). The first kappa shape index (κ1) is 25.5. The van der Waals surface area contributed by atoms with Crippen LogP contribution in [0, 0.1) is 11.8 Å². The lowest BCUT2D eigenvalue weighted by Gasteiger charge is -2.15. The van der Waals surface area contributed by atoms with Crippen molar-refractivity contribution in [3.8, 4) is 0 Å². The summed E-state index contributed by atoms with van der Waals surface area (Å²) in [6, 6.07) is 0. The summed E-state index contributed by atoms with van der Waals surface area (Å²) in [4.78, 5) is 0. The molecule has 1 aliphatic rings. The van der Waals surface area contributed by atoms with Crippen LogP contribution in [0.1, 0.15) is 142 Å². The molecule has 0 aliphatic heterocycles. The summed E-state index contributed by atoms with van der Waals surface area (Å²) in [5, 5.41) is 0. The molecule has 1 fully saturated rings. The highest BCUT2D eigenvalue weighted by atomic mass is 14.3. The Hall–Kier alpha value is -0.520. The molecule has 0 amide bonds. The van der Waals surface area contributed by atoms with Gasteiger partial charge in [-0.2, -0.15) is 0 Å². The molecule has 0 aromatic rings. The van der Waals surface area contributed by atoms with Crippen molar-refractivity contribution >= 4 is 0 Å². The Labute approximate surface area is 178 Å². The van der Waals surface area contributed by atoms with Crippen molar-refractivity contribution in [3.05, 3.63) is 24.3 Å². The Morgan fingerprint density at radius 2 is 1.32 bits per heavy atom. The Kier molecular flexibility index (Phi) is 16.9. The first-order chi connectivity index (χ1) is 13.7. The van der Waals surface area contributed by atoms with Crippen LogP contribution in [-0.2, 0) is 0 Å². The molecule has 164 valence electrons. The smallest absolute Gasteiger partial charge is 0.0323 e. The molecule has 0 bridgehead atoms. The van der Waals surface area contributed by atoms with Gasteiger partial charge in [-0.1, -0.05) is 109 Å². The number of hydrogen-bond acceptors (Lipinski definition) is 0. The normalized spacial score (nSPS) is 19.6. The van der Waals surface area contributed by atoms with E-state index in [0.29, 0.717) is 0 Å². The van der Waals surface area contributed by atoms with Gasteiger partial charge in [-0.15, -0.1) is 0 Å². The van der Waals surface area contributed by atoms with Gasteiger partial charge in [0.05, 0.1) is 0 Å². The van der Waals surface area contributed by atoms with E-state index in [2.05, 4.69) is 32.6 Å². The van der Waals surface area contributed by atoms with E-state index in [-0.39, 0.29) is 0 Å². The minimum Gasteiger partial charge on any atom is -0.0999 e. The summed E-state index contributed by atoms with van der Waals surface area (Å²) in [6.07, 6.45) is 32.7. The molecule has 1 aliphatic carbocycles. The van der Waals surface area contributed by atoms with Crippen molar-refractivity contribution < 1.29 is 0 Å². The topological polar surface area (TPSA) is 0 Å². The predicted octanol–water partition coefficient (Wildman–Crippen LogP) is 10.2. The average Bonchev–Trinajstić information content (AvgIpc) is 3.10. The van der Waals surface area contributed by atoms with Gasteiger partial charge in [0.1, 0.15) is 0 Å². The van der Waals surface area contributed by atoms with Crippen molar-refractivity contribution in [1.82, 2.24) is 0 Å². The SMILES string of the molecule is C=C(CCCCCCC/C=C\CCCCCCCC)CCCC1CCCC1C. The van der Waals surface area contributed by atoms with Gasteiger partial charge in [-0.3, -0.25) is 0 Å². The molecular formula is C28H52. The van der Waals surface area contributed by atoms with Crippen LogP contribution >= 0.6 is 0 Å². The third kappa shape index (κ3) is 14.5. The summed E-state index contributed by atoms with van der Waals surface area (Å²) in [5.41, 5.74) is 1.52. The van der Waals surface area contributed by atoms with E-state index in [0.717, 1.165) is 11.8 Å². The number of unbranched alkanes of at least 4 members (excludes halogenated alkanes) is 11. The summed E-state index contributed by atoms with van der Waals surface area (Å²) in [7, 11) is 0. The maximum Gasteiger partial charge on any atom is -0.0323 e. The van der Waals surface area contributed by atoms with Crippen LogP contribution in [0.15, 0.2) is 24.3 Å². The quantitative estimate of drug-likeness (QED) is 0.152. The molecule has 0 spiro atoms. The fraction of sp³-hybridized carbons (Fsp3) is 0.857. The molecule has 0 heterocycles. The van der Waals surface area contributed by atoms with Gasteiger partial charge >= 0.3 is 0 Å². The summed E-state index contributed by atoms with van der Waals surface area (Å²) in [6.45, 7) is 9.08. The van der Waals surface area contributed by atoms with Gasteiger partial charge in [0.25, 0.3) is 0 Å². The third-order valence-electron chi connectivity index (χ3n) is 6.94. The second-order valence-electron chi connectivity index (χ2n) is 9.64. The fourth-order valence-corrected chi connectivity index (χ4v) is 4.84. The second-order valence-corrected chi connectivity index (χ2v) is 9.64. The van der Waals surface area contributed by atoms with Crippen LogP contribution in [0.25, 0.3) is 0 Å². The zero-order valence-electron chi connectivity index (χ0n) is 19.7. The van der Waals surface area contributed by atoms with Crippen LogP contribution in [0.5, 0.6) is 0 Å². The molecular weight excluding hydrogens is 336 g/mol. The highest BCUT2D eigenvalue weighted by Gasteiger charge is 2.22. The summed E-state index contributed by atoms with van der Waals surface area (Å²) < 4.78 is 0. The van der Waals surface area contributed by atoms with Crippen molar-refractivity contribution in [2.24, 2.45) is 11.8 Å². The van der Waals surface area contributed by atoms with Gasteiger partial charge in [-0.05, 0) is 69.6 Å². The largest absolute Gasteiger partial charge is 0.0999 e. The van der Waals surface area contributed by atoms with Gasteiger partial charge in [0, 0.05) is 0 Å². The Morgan fingerprint density at radius 1 is 0.750 bits per heavy atom. The highest BCUT2D eigenvalue weighted by molar-refractivity contribution is 4.93. The van der Waals surface area contributed by atoms with Crippen molar-refractivity contribution in [3.63, 3.8) is 0 Å². The molecule has 0 aromatic heterocycles. The lowest BCUT2D eigenvalue weighted by Crippen LogP contribution is -2.03. The predicted molar refractivity (Wildman–Crippen MR) is 129 cm³/mol. The molecule has 0 aromatic carbocycles. The van der Waals surface area contributed by atoms with Gasteiger partial charge in [-0.25, -0.2) is 0 Å². The maximum absolute atomic E-state index is 4.33. The van der Waals surface area contributed by atoms with Crippen LogP contribution in [0.3, 0.4) is 0 Å². The van der Waals surface area contributed by atoms with E-state index in [1.165, 1.54) is 134 Å². The highest BCUT2D eigenvalue weighted by Crippen LogP contribution is 2.35. The lowest BCUT2D eigenvalue weighted by molar-refractivity contribution is 0.381. The summed E-state index contributed by atoms with van der Waals surface area (Å²) in [5.74, 6) is 2.01. The van der Waals surface area contributed by atoms with Crippen LogP contribution < -0.4 is 0 Å². The molecule has 1 saturated carbocycles. The number of rotatable bonds is 19. The van der Waals surface area contributed by atoms with E-state index < -0.39 is 0 Å². The van der Waals surface area contributed by atoms with Gasteiger partial charge < -0.3 is 0 Å². The van der Waals surface area contributed by atoms with Crippen LogP contribution in [0.2, 0.25) is 0 Å². The molecule has 0 radical (unpaired) electrons. The molecule has 0 heteroatoms. The second kappa shape index (κ2) is 18.5. The van der Waals surface area contributed by atoms with E-state index in [4.69, 9.17) is 0 Å². The van der Waals surface area contributed by atoms with Crippen molar-refractivity contribution in [2.75, 3.05) is 0 Å². The molecule has 28 heavy (non-hydrogen) atoms. The van der Waals surface area contributed by atoms with Crippen molar-refractivity contribution in [1.29, 1.82) is 0 Å². The minimum atomic E-state index is 0.985.